The van der Waals surface area contributed by atoms with Gasteiger partial charge in [0.25, 0.3) is 9.05 Å². The fourth-order valence-electron chi connectivity index (χ4n) is 1.63. The molecule has 0 saturated carbocycles. The molecule has 0 aliphatic heterocycles. The van der Waals surface area contributed by atoms with Gasteiger partial charge >= 0.3 is 0 Å². The van der Waals surface area contributed by atoms with Crippen LogP contribution in [-0.4, -0.2) is 34.2 Å². The second kappa shape index (κ2) is 6.71. The average Bonchev–Trinajstić information content (AvgIpc) is 2.37. The highest BCUT2D eigenvalue weighted by molar-refractivity contribution is 8.13. The summed E-state index contributed by atoms with van der Waals surface area (Å²) in [5.41, 5.74) is 0. The van der Waals surface area contributed by atoms with E-state index in [4.69, 9.17) is 10.7 Å². The van der Waals surface area contributed by atoms with E-state index in [9.17, 15) is 16.8 Å². The highest BCUT2D eigenvalue weighted by Gasteiger charge is 2.23. The largest absolute Gasteiger partial charge is 0.261 e. The number of halogens is 1. The van der Waals surface area contributed by atoms with Crippen molar-refractivity contribution in [3.8, 4) is 0 Å². The van der Waals surface area contributed by atoms with Crippen molar-refractivity contribution in [2.45, 2.75) is 23.1 Å². The molecule has 0 fully saturated rings. The third kappa shape index (κ3) is 4.05. The molecule has 5 nitrogen and oxygen atoms in total. The molecule has 0 aliphatic rings. The zero-order valence-electron chi connectivity index (χ0n) is 11.0. The Morgan fingerprint density at radius 3 is 2.05 bits per heavy atom. The molecule has 1 rings (SSSR count). The van der Waals surface area contributed by atoms with Crippen LogP contribution in [0.1, 0.15) is 13.3 Å². The van der Waals surface area contributed by atoms with Gasteiger partial charge in [-0.05, 0) is 30.7 Å². The lowest BCUT2D eigenvalue weighted by atomic mass is 10.4. The Kier molecular flexibility index (Phi) is 5.76. The van der Waals surface area contributed by atoms with Crippen molar-refractivity contribution in [3.05, 3.63) is 36.9 Å². The van der Waals surface area contributed by atoms with Gasteiger partial charge in [0.15, 0.2) is 0 Å². The molecule has 0 radical (unpaired) electrons. The van der Waals surface area contributed by atoms with Crippen LogP contribution in [0.4, 0.5) is 0 Å². The topological polar surface area (TPSA) is 71.5 Å². The van der Waals surface area contributed by atoms with Crippen molar-refractivity contribution in [2.24, 2.45) is 0 Å². The maximum absolute atomic E-state index is 12.4. The fourth-order valence-corrected chi connectivity index (χ4v) is 3.90. The lowest BCUT2D eigenvalue weighted by Gasteiger charge is -2.20. The first kappa shape index (κ1) is 17.2. The number of hydrogen-bond donors (Lipinski definition) is 0. The van der Waals surface area contributed by atoms with Gasteiger partial charge in [-0.2, -0.15) is 4.31 Å². The molecule has 0 bridgehead atoms. The standard InChI is InChI=1S/C12H16ClNO4S2/c1-3-9-14(10-4-2)20(17,18)12-7-5-11(6-8-12)19(13,15)16/h3,5-8H,1,4,9-10H2,2H3. The lowest BCUT2D eigenvalue weighted by Crippen LogP contribution is -2.32. The lowest BCUT2D eigenvalue weighted by molar-refractivity contribution is 0.441. The Balaban J connectivity index is 3.18. The van der Waals surface area contributed by atoms with Gasteiger partial charge in [-0.3, -0.25) is 0 Å². The molecule has 1 aromatic carbocycles. The number of rotatable bonds is 7. The van der Waals surface area contributed by atoms with Crippen molar-refractivity contribution in [1.82, 2.24) is 4.31 Å². The predicted octanol–water partition coefficient (Wildman–Crippen LogP) is 2.20. The molecule has 0 N–H and O–H groups in total. The van der Waals surface area contributed by atoms with E-state index in [-0.39, 0.29) is 16.3 Å². The summed E-state index contributed by atoms with van der Waals surface area (Å²) in [5.74, 6) is 0. The summed E-state index contributed by atoms with van der Waals surface area (Å²) >= 11 is 0. The van der Waals surface area contributed by atoms with Crippen LogP contribution < -0.4 is 0 Å². The summed E-state index contributed by atoms with van der Waals surface area (Å²) in [6.07, 6.45) is 2.17. The van der Waals surface area contributed by atoms with Gasteiger partial charge in [0.05, 0.1) is 9.79 Å². The number of benzene rings is 1. The fraction of sp³-hybridized carbons (Fsp3) is 0.333. The maximum Gasteiger partial charge on any atom is 0.261 e. The normalized spacial score (nSPS) is 12.6. The number of nitrogens with zero attached hydrogens (tertiary/aromatic N) is 1. The molecule has 8 heteroatoms. The minimum Gasteiger partial charge on any atom is -0.207 e. The molecule has 0 spiro atoms. The Hall–Kier alpha value is -0.890. The summed E-state index contributed by atoms with van der Waals surface area (Å²) in [7, 11) is -2.34. The minimum absolute atomic E-state index is 0.0249. The molecular weight excluding hydrogens is 322 g/mol. The average molecular weight is 338 g/mol. The second-order valence-corrected chi connectivity index (χ2v) is 8.56. The van der Waals surface area contributed by atoms with E-state index in [0.717, 1.165) is 0 Å². The Morgan fingerprint density at radius 1 is 1.15 bits per heavy atom. The van der Waals surface area contributed by atoms with Crippen molar-refractivity contribution in [3.63, 3.8) is 0 Å². The Labute approximate surface area is 124 Å². The van der Waals surface area contributed by atoms with E-state index < -0.39 is 19.1 Å². The molecule has 0 atom stereocenters. The first-order valence-electron chi connectivity index (χ1n) is 5.89. The Bertz CT molecular complexity index is 666. The van der Waals surface area contributed by atoms with Crippen molar-refractivity contribution in [1.29, 1.82) is 0 Å². The molecule has 1 aromatic rings. The Morgan fingerprint density at radius 2 is 1.65 bits per heavy atom. The molecule has 112 valence electrons. The quantitative estimate of drug-likeness (QED) is 0.565. The van der Waals surface area contributed by atoms with Crippen LogP contribution in [0.2, 0.25) is 0 Å². The smallest absolute Gasteiger partial charge is 0.207 e. The first-order chi connectivity index (χ1) is 9.23. The van der Waals surface area contributed by atoms with E-state index in [0.29, 0.717) is 13.0 Å². The summed E-state index contributed by atoms with van der Waals surface area (Å²) < 4.78 is 48.3. The second-order valence-electron chi connectivity index (χ2n) is 4.06. The zero-order valence-corrected chi connectivity index (χ0v) is 13.4. The van der Waals surface area contributed by atoms with Gasteiger partial charge in [-0.15, -0.1) is 6.58 Å². The molecule has 0 amide bonds. The van der Waals surface area contributed by atoms with Gasteiger partial charge in [-0.25, -0.2) is 16.8 Å². The van der Waals surface area contributed by atoms with Gasteiger partial charge < -0.3 is 0 Å². The maximum atomic E-state index is 12.4. The third-order valence-corrected chi connectivity index (χ3v) is 5.80. The highest BCUT2D eigenvalue weighted by atomic mass is 35.7. The first-order valence-corrected chi connectivity index (χ1v) is 9.64. The molecule has 0 unspecified atom stereocenters. The monoisotopic (exact) mass is 337 g/mol. The van der Waals surface area contributed by atoms with E-state index in [1.807, 2.05) is 6.92 Å². The highest BCUT2D eigenvalue weighted by Crippen LogP contribution is 2.20. The number of hydrogen-bond acceptors (Lipinski definition) is 4. The SMILES string of the molecule is C=CCN(CCC)S(=O)(=O)c1ccc(S(=O)(=O)Cl)cc1. The summed E-state index contributed by atoms with van der Waals surface area (Å²) in [6.45, 7) is 5.97. The van der Waals surface area contributed by atoms with Crippen LogP contribution in [0.25, 0.3) is 0 Å². The van der Waals surface area contributed by atoms with Crippen LogP contribution >= 0.6 is 10.7 Å². The van der Waals surface area contributed by atoms with Crippen LogP contribution in [0.3, 0.4) is 0 Å². The zero-order chi connectivity index (χ0) is 15.4. The van der Waals surface area contributed by atoms with Crippen molar-refractivity contribution in [2.75, 3.05) is 13.1 Å². The van der Waals surface area contributed by atoms with Crippen LogP contribution in [0.15, 0.2) is 46.7 Å². The van der Waals surface area contributed by atoms with E-state index in [1.165, 1.54) is 34.6 Å². The third-order valence-electron chi connectivity index (χ3n) is 2.55. The van der Waals surface area contributed by atoms with Crippen LogP contribution in [-0.2, 0) is 19.1 Å². The van der Waals surface area contributed by atoms with E-state index >= 15 is 0 Å². The van der Waals surface area contributed by atoms with Gasteiger partial charge in [0, 0.05) is 23.8 Å². The molecule has 0 saturated heterocycles. The number of sulfonamides is 1. The predicted molar refractivity (Wildman–Crippen MR) is 78.7 cm³/mol. The van der Waals surface area contributed by atoms with Crippen LogP contribution in [0, 0.1) is 0 Å². The molecule has 0 aromatic heterocycles. The molecule has 0 aliphatic carbocycles. The van der Waals surface area contributed by atoms with Gasteiger partial charge in [0.2, 0.25) is 10.0 Å². The molecule has 0 heterocycles. The van der Waals surface area contributed by atoms with Crippen molar-refractivity contribution >= 4 is 29.8 Å². The van der Waals surface area contributed by atoms with E-state index in [1.54, 1.807) is 0 Å². The van der Waals surface area contributed by atoms with E-state index in [2.05, 4.69) is 6.58 Å². The summed E-state index contributed by atoms with van der Waals surface area (Å²) in [5, 5.41) is 0. The van der Waals surface area contributed by atoms with Gasteiger partial charge in [-0.1, -0.05) is 13.0 Å². The van der Waals surface area contributed by atoms with Crippen LogP contribution in [0.5, 0.6) is 0 Å². The summed E-state index contributed by atoms with van der Waals surface area (Å²) in [4.78, 5) is -0.110. The van der Waals surface area contributed by atoms with Gasteiger partial charge in [0.1, 0.15) is 0 Å². The molecular formula is C12H16ClNO4S2. The van der Waals surface area contributed by atoms with Crippen molar-refractivity contribution < 1.29 is 16.8 Å². The minimum atomic E-state index is -3.86. The summed E-state index contributed by atoms with van der Waals surface area (Å²) in [6, 6.07) is 4.81. The molecule has 20 heavy (non-hydrogen) atoms.